The fraction of sp³-hybridized carbons (Fsp3) is 0.643. The summed E-state index contributed by atoms with van der Waals surface area (Å²) in [7, 11) is 0. The summed E-state index contributed by atoms with van der Waals surface area (Å²) in [5, 5.41) is 4.32. The van der Waals surface area contributed by atoms with E-state index in [0.29, 0.717) is 6.04 Å². The molecule has 1 aromatic rings. The molecule has 0 radical (unpaired) electrons. The highest BCUT2D eigenvalue weighted by molar-refractivity contribution is 5.05. The van der Waals surface area contributed by atoms with Crippen LogP contribution in [0.1, 0.15) is 31.7 Å². The predicted octanol–water partition coefficient (Wildman–Crippen LogP) is 2.49. The van der Waals surface area contributed by atoms with Crippen molar-refractivity contribution >= 4 is 0 Å². The molecule has 0 aliphatic carbocycles. The second-order valence-corrected chi connectivity index (χ2v) is 4.79. The van der Waals surface area contributed by atoms with Gasteiger partial charge in [0, 0.05) is 25.3 Å². The smallest absolute Gasteiger partial charge is 0.0522 e. The average Bonchev–Trinajstić information content (AvgIpc) is 2.84. The Hall–Kier alpha value is -1.09. The first-order valence-corrected chi connectivity index (χ1v) is 6.71. The van der Waals surface area contributed by atoms with E-state index < -0.39 is 0 Å². The molecule has 1 atom stereocenters. The molecule has 1 aromatic heterocycles. The van der Waals surface area contributed by atoms with Crippen LogP contribution in [0, 0.1) is 0 Å². The molecule has 3 heteroatoms. The molecule has 1 fully saturated rings. The number of likely N-dealkylation sites (tertiary alicyclic amines) is 1. The van der Waals surface area contributed by atoms with Crippen molar-refractivity contribution in [3.63, 3.8) is 0 Å². The molecule has 0 aromatic carbocycles. The van der Waals surface area contributed by atoms with Gasteiger partial charge in [0.25, 0.3) is 0 Å². The van der Waals surface area contributed by atoms with E-state index in [0.717, 1.165) is 19.5 Å². The number of nitrogens with zero attached hydrogens (tertiary/aromatic N) is 3. The van der Waals surface area contributed by atoms with Crippen LogP contribution in [0.25, 0.3) is 0 Å². The number of piperidine rings is 1. The van der Waals surface area contributed by atoms with E-state index >= 15 is 0 Å². The lowest BCUT2D eigenvalue weighted by molar-refractivity contribution is 0.182. The summed E-state index contributed by atoms with van der Waals surface area (Å²) in [5.41, 5.74) is 1.35. The van der Waals surface area contributed by atoms with E-state index in [9.17, 15) is 0 Å². The fourth-order valence-electron chi connectivity index (χ4n) is 2.54. The second kappa shape index (κ2) is 6.01. The van der Waals surface area contributed by atoms with Gasteiger partial charge in [-0.3, -0.25) is 9.58 Å². The highest BCUT2D eigenvalue weighted by atomic mass is 15.3. The van der Waals surface area contributed by atoms with Gasteiger partial charge < -0.3 is 0 Å². The summed E-state index contributed by atoms with van der Waals surface area (Å²) < 4.78 is 2.00. The Morgan fingerprint density at radius 3 is 3.12 bits per heavy atom. The first-order valence-electron chi connectivity index (χ1n) is 6.71. The van der Waals surface area contributed by atoms with Gasteiger partial charge in [0.05, 0.1) is 6.20 Å². The van der Waals surface area contributed by atoms with Crippen LogP contribution >= 0.6 is 0 Å². The molecule has 2 rings (SSSR count). The van der Waals surface area contributed by atoms with Crippen LogP contribution in [0.15, 0.2) is 25.0 Å². The summed E-state index contributed by atoms with van der Waals surface area (Å²) in [6.07, 6.45) is 11.3. The number of hydrogen-bond donors (Lipinski definition) is 0. The molecule has 0 amide bonds. The first-order chi connectivity index (χ1) is 8.33. The van der Waals surface area contributed by atoms with E-state index in [2.05, 4.69) is 35.8 Å². The molecule has 3 nitrogen and oxygen atoms in total. The number of aromatic nitrogens is 2. The monoisotopic (exact) mass is 233 g/mol. The van der Waals surface area contributed by atoms with E-state index in [1.807, 2.05) is 10.9 Å². The zero-order valence-electron chi connectivity index (χ0n) is 10.8. The van der Waals surface area contributed by atoms with Crippen molar-refractivity contribution in [3.8, 4) is 0 Å². The lowest BCUT2D eigenvalue weighted by atomic mass is 10.0. The summed E-state index contributed by atoms with van der Waals surface area (Å²) in [4.78, 5) is 2.56. The number of rotatable bonds is 5. The van der Waals surface area contributed by atoms with Gasteiger partial charge in [-0.25, -0.2) is 0 Å². The quantitative estimate of drug-likeness (QED) is 0.729. The minimum absolute atomic E-state index is 0.588. The maximum absolute atomic E-state index is 4.32. The van der Waals surface area contributed by atoms with Crippen molar-refractivity contribution in [1.82, 2.24) is 14.7 Å². The molecule has 1 aliphatic rings. The number of hydrogen-bond acceptors (Lipinski definition) is 2. The van der Waals surface area contributed by atoms with Crippen molar-refractivity contribution in [1.29, 1.82) is 0 Å². The largest absolute Gasteiger partial charge is 0.297 e. The van der Waals surface area contributed by atoms with Gasteiger partial charge in [-0.15, -0.1) is 6.58 Å². The maximum Gasteiger partial charge on any atom is 0.0522 e. The normalized spacial score (nSPS) is 21.6. The van der Waals surface area contributed by atoms with Crippen LogP contribution in [0.2, 0.25) is 0 Å². The summed E-state index contributed by atoms with van der Waals surface area (Å²) in [6.45, 7) is 9.38. The molecule has 0 spiro atoms. The predicted molar refractivity (Wildman–Crippen MR) is 71.0 cm³/mol. The Bertz CT molecular complexity index is 356. The van der Waals surface area contributed by atoms with Gasteiger partial charge in [0.1, 0.15) is 0 Å². The Labute approximate surface area is 104 Å². The van der Waals surface area contributed by atoms with Crippen LogP contribution < -0.4 is 0 Å². The highest BCUT2D eigenvalue weighted by Gasteiger charge is 2.18. The van der Waals surface area contributed by atoms with E-state index in [4.69, 9.17) is 0 Å². The zero-order chi connectivity index (χ0) is 12.1. The van der Waals surface area contributed by atoms with Gasteiger partial charge in [-0.2, -0.15) is 5.10 Å². The van der Waals surface area contributed by atoms with E-state index in [1.54, 1.807) is 0 Å². The third-order valence-corrected chi connectivity index (χ3v) is 3.63. The molecule has 1 aliphatic heterocycles. The molecule has 0 saturated carbocycles. The molecule has 1 unspecified atom stereocenters. The summed E-state index contributed by atoms with van der Waals surface area (Å²) >= 11 is 0. The van der Waals surface area contributed by atoms with Gasteiger partial charge in [0.2, 0.25) is 0 Å². The van der Waals surface area contributed by atoms with Crippen LogP contribution in [0.5, 0.6) is 0 Å². The zero-order valence-corrected chi connectivity index (χ0v) is 10.8. The fourth-order valence-corrected chi connectivity index (χ4v) is 2.54. The van der Waals surface area contributed by atoms with Crippen molar-refractivity contribution in [2.45, 2.75) is 45.2 Å². The van der Waals surface area contributed by atoms with Crippen molar-refractivity contribution in [2.24, 2.45) is 0 Å². The van der Waals surface area contributed by atoms with Crippen molar-refractivity contribution < 1.29 is 0 Å². The lowest BCUT2D eigenvalue weighted by Crippen LogP contribution is -2.39. The molecule has 1 saturated heterocycles. The minimum Gasteiger partial charge on any atom is -0.297 e. The standard InChI is InChI=1S/C14H23N3/c1-3-14-7-5-6-9-16(14)10-8-13-11-15-17(4-2)12-13/h3,11-12,14H,1,4-10H2,2H3. The van der Waals surface area contributed by atoms with Gasteiger partial charge >= 0.3 is 0 Å². The Morgan fingerprint density at radius 2 is 2.41 bits per heavy atom. The Balaban J connectivity index is 1.85. The van der Waals surface area contributed by atoms with Crippen LogP contribution in [-0.2, 0) is 13.0 Å². The third kappa shape index (κ3) is 3.19. The van der Waals surface area contributed by atoms with Gasteiger partial charge in [-0.1, -0.05) is 12.5 Å². The molecule has 0 bridgehead atoms. The number of aryl methyl sites for hydroxylation is 1. The molecule has 17 heavy (non-hydrogen) atoms. The first kappa shape index (κ1) is 12.4. The Kier molecular flexibility index (Phi) is 4.37. The van der Waals surface area contributed by atoms with E-state index in [-0.39, 0.29) is 0 Å². The van der Waals surface area contributed by atoms with Crippen LogP contribution in [0.4, 0.5) is 0 Å². The third-order valence-electron chi connectivity index (χ3n) is 3.63. The van der Waals surface area contributed by atoms with Gasteiger partial charge in [-0.05, 0) is 38.3 Å². The molecule has 2 heterocycles. The van der Waals surface area contributed by atoms with E-state index in [1.165, 1.54) is 31.4 Å². The minimum atomic E-state index is 0.588. The lowest BCUT2D eigenvalue weighted by Gasteiger charge is -2.33. The molecule has 0 N–H and O–H groups in total. The second-order valence-electron chi connectivity index (χ2n) is 4.79. The van der Waals surface area contributed by atoms with Crippen molar-refractivity contribution in [3.05, 3.63) is 30.6 Å². The maximum atomic E-state index is 4.32. The van der Waals surface area contributed by atoms with Crippen LogP contribution in [-0.4, -0.2) is 33.8 Å². The summed E-state index contributed by atoms with van der Waals surface area (Å²) in [5.74, 6) is 0. The topological polar surface area (TPSA) is 21.1 Å². The summed E-state index contributed by atoms with van der Waals surface area (Å²) in [6, 6.07) is 0.588. The highest BCUT2D eigenvalue weighted by Crippen LogP contribution is 2.17. The SMILES string of the molecule is C=CC1CCCCN1CCc1cnn(CC)c1. The molecular weight excluding hydrogens is 210 g/mol. The van der Waals surface area contributed by atoms with Crippen molar-refractivity contribution in [2.75, 3.05) is 13.1 Å². The van der Waals surface area contributed by atoms with Crippen LogP contribution in [0.3, 0.4) is 0 Å². The molecule has 94 valence electrons. The van der Waals surface area contributed by atoms with Gasteiger partial charge in [0.15, 0.2) is 0 Å². The molecular formula is C14H23N3. The average molecular weight is 233 g/mol. The Morgan fingerprint density at radius 1 is 1.53 bits per heavy atom.